The molecule has 13 heavy (non-hydrogen) atoms. The van der Waals surface area contributed by atoms with Crippen LogP contribution in [-0.4, -0.2) is 22.0 Å². The molecule has 68 valence electrons. The Kier molecular flexibility index (Phi) is 2.08. The lowest BCUT2D eigenvalue weighted by Crippen LogP contribution is -2.08. The van der Waals surface area contributed by atoms with Gasteiger partial charge in [0.25, 0.3) is 0 Å². The average Bonchev–Trinajstić information content (AvgIpc) is 2.53. The predicted octanol–water partition coefficient (Wildman–Crippen LogP) is 0.978. The molecule has 0 fully saturated rings. The van der Waals surface area contributed by atoms with Crippen molar-refractivity contribution in [3.63, 3.8) is 0 Å². The smallest absolute Gasteiger partial charge is 0.235 e. The molecule has 1 aromatic heterocycles. The monoisotopic (exact) mass is 179 g/mol. The van der Waals surface area contributed by atoms with E-state index in [0.717, 1.165) is 0 Å². The summed E-state index contributed by atoms with van der Waals surface area (Å²) in [7, 11) is 0. The summed E-state index contributed by atoms with van der Waals surface area (Å²) in [4.78, 5) is 12.6. The molecule has 0 saturated carbocycles. The molecule has 0 aromatic carbocycles. The second-order valence-electron chi connectivity index (χ2n) is 2.78. The van der Waals surface area contributed by atoms with Crippen LogP contribution < -0.4 is 4.74 Å². The van der Waals surface area contributed by atoms with Crippen LogP contribution in [0.25, 0.3) is 0 Å². The fourth-order valence-corrected chi connectivity index (χ4v) is 1.00. The van der Waals surface area contributed by atoms with Crippen LogP contribution in [0.4, 0.5) is 0 Å². The second kappa shape index (κ2) is 3.38. The van der Waals surface area contributed by atoms with Gasteiger partial charge in [0, 0.05) is 0 Å². The van der Waals surface area contributed by atoms with Gasteiger partial charge in [-0.2, -0.15) is 0 Å². The minimum atomic E-state index is 0.0969. The molecule has 0 N–H and O–H groups in total. The van der Waals surface area contributed by atoms with Gasteiger partial charge in [0.05, 0.1) is 18.8 Å². The fraction of sp³-hybridized carbons (Fsp3) is 0.375. The van der Waals surface area contributed by atoms with E-state index in [4.69, 9.17) is 9.57 Å². The Hall–Kier alpha value is -1.65. The number of hydrogen-bond donors (Lipinski definition) is 0. The first-order valence-electron chi connectivity index (χ1n) is 4.00. The van der Waals surface area contributed by atoms with Gasteiger partial charge in [-0.3, -0.25) is 0 Å². The number of ether oxygens (including phenoxy) is 1. The molecule has 1 aliphatic rings. The maximum Gasteiger partial charge on any atom is 0.235 e. The molecular formula is C8H9N3O2. The van der Waals surface area contributed by atoms with Gasteiger partial charge in [0.2, 0.25) is 5.90 Å². The van der Waals surface area contributed by atoms with Crippen LogP contribution in [0.3, 0.4) is 0 Å². The zero-order valence-electron chi connectivity index (χ0n) is 7.17. The lowest BCUT2D eigenvalue weighted by molar-refractivity contribution is 0.0992. The van der Waals surface area contributed by atoms with Crippen molar-refractivity contribution in [2.45, 2.75) is 19.4 Å². The van der Waals surface area contributed by atoms with Crippen LogP contribution in [-0.2, 0) is 4.84 Å². The number of rotatable bonds is 1. The topological polar surface area (TPSA) is 56.6 Å². The van der Waals surface area contributed by atoms with Gasteiger partial charge in [0.1, 0.15) is 12.4 Å². The van der Waals surface area contributed by atoms with E-state index >= 15 is 0 Å². The SMILES string of the molecule is CC1CC(Oc2cncnc2)=NO1. The van der Waals surface area contributed by atoms with Gasteiger partial charge < -0.3 is 9.57 Å². The Morgan fingerprint density at radius 1 is 1.46 bits per heavy atom. The number of hydrogen-bond acceptors (Lipinski definition) is 5. The third kappa shape index (κ3) is 1.93. The highest BCUT2D eigenvalue weighted by atomic mass is 16.7. The van der Waals surface area contributed by atoms with Crippen molar-refractivity contribution in [2.24, 2.45) is 5.16 Å². The fourth-order valence-electron chi connectivity index (χ4n) is 1.00. The molecule has 0 bridgehead atoms. The Morgan fingerprint density at radius 2 is 2.23 bits per heavy atom. The molecule has 5 heteroatoms. The zero-order chi connectivity index (χ0) is 9.10. The van der Waals surface area contributed by atoms with Gasteiger partial charge in [-0.25, -0.2) is 9.97 Å². The van der Waals surface area contributed by atoms with E-state index in [9.17, 15) is 0 Å². The summed E-state index contributed by atoms with van der Waals surface area (Å²) in [5.74, 6) is 1.15. The molecule has 0 radical (unpaired) electrons. The average molecular weight is 179 g/mol. The van der Waals surface area contributed by atoms with E-state index in [1.54, 1.807) is 12.4 Å². The van der Waals surface area contributed by atoms with Crippen LogP contribution >= 0.6 is 0 Å². The summed E-state index contributed by atoms with van der Waals surface area (Å²) in [5, 5.41) is 3.75. The maximum atomic E-state index is 5.35. The minimum Gasteiger partial charge on any atom is -0.436 e. The predicted molar refractivity (Wildman–Crippen MR) is 45.3 cm³/mol. The van der Waals surface area contributed by atoms with E-state index in [2.05, 4.69) is 15.1 Å². The summed E-state index contributed by atoms with van der Waals surface area (Å²) in [5.41, 5.74) is 0. The van der Waals surface area contributed by atoms with Gasteiger partial charge in [-0.15, -0.1) is 0 Å². The number of oxime groups is 1. The second-order valence-corrected chi connectivity index (χ2v) is 2.78. The van der Waals surface area contributed by atoms with E-state index < -0.39 is 0 Å². The standard InChI is InChI=1S/C8H9N3O2/c1-6-2-8(11-13-6)12-7-3-9-5-10-4-7/h3-6H,2H2,1H3. The molecule has 5 nitrogen and oxygen atoms in total. The summed E-state index contributed by atoms with van der Waals surface area (Å²) < 4.78 is 5.35. The third-order valence-corrected chi connectivity index (χ3v) is 1.57. The van der Waals surface area contributed by atoms with E-state index in [1.807, 2.05) is 6.92 Å². The van der Waals surface area contributed by atoms with Crippen molar-refractivity contribution in [1.29, 1.82) is 0 Å². The van der Waals surface area contributed by atoms with Crippen LogP contribution in [0, 0.1) is 0 Å². The highest BCUT2D eigenvalue weighted by Crippen LogP contribution is 2.13. The van der Waals surface area contributed by atoms with Crippen molar-refractivity contribution in [2.75, 3.05) is 0 Å². The summed E-state index contributed by atoms with van der Waals surface area (Å²) >= 11 is 0. The molecule has 0 amide bonds. The highest BCUT2D eigenvalue weighted by molar-refractivity contribution is 5.79. The molecule has 1 aromatic rings. The van der Waals surface area contributed by atoms with Crippen molar-refractivity contribution >= 4 is 5.90 Å². The largest absolute Gasteiger partial charge is 0.436 e. The Bertz CT molecular complexity index is 312. The van der Waals surface area contributed by atoms with Crippen LogP contribution in [0.5, 0.6) is 5.75 Å². The van der Waals surface area contributed by atoms with Gasteiger partial charge in [-0.05, 0) is 6.92 Å². The first-order chi connectivity index (χ1) is 6.34. The van der Waals surface area contributed by atoms with E-state index in [1.165, 1.54) is 6.33 Å². The summed E-state index contributed by atoms with van der Waals surface area (Å²) in [6.07, 6.45) is 5.40. The van der Waals surface area contributed by atoms with Crippen LogP contribution in [0.2, 0.25) is 0 Å². The normalized spacial score (nSPS) is 20.7. The van der Waals surface area contributed by atoms with Gasteiger partial charge >= 0.3 is 0 Å². The number of nitrogens with zero attached hydrogens (tertiary/aromatic N) is 3. The Balaban J connectivity index is 2.00. The zero-order valence-corrected chi connectivity index (χ0v) is 7.17. The summed E-state index contributed by atoms with van der Waals surface area (Å²) in [6, 6.07) is 0. The third-order valence-electron chi connectivity index (χ3n) is 1.57. The molecule has 1 aliphatic heterocycles. The van der Waals surface area contributed by atoms with Crippen molar-refractivity contribution in [3.05, 3.63) is 18.7 Å². The minimum absolute atomic E-state index is 0.0969. The summed E-state index contributed by atoms with van der Waals surface area (Å²) in [6.45, 7) is 1.93. The first-order valence-corrected chi connectivity index (χ1v) is 4.00. The first kappa shape index (κ1) is 7.97. The lowest BCUT2D eigenvalue weighted by Gasteiger charge is -2.00. The molecule has 1 unspecified atom stereocenters. The van der Waals surface area contributed by atoms with E-state index in [-0.39, 0.29) is 6.10 Å². The van der Waals surface area contributed by atoms with Gasteiger partial charge in [0.15, 0.2) is 5.75 Å². The molecule has 2 rings (SSSR count). The Morgan fingerprint density at radius 3 is 2.85 bits per heavy atom. The highest BCUT2D eigenvalue weighted by Gasteiger charge is 2.17. The lowest BCUT2D eigenvalue weighted by atomic mass is 10.3. The molecule has 1 atom stereocenters. The molecule has 2 heterocycles. The Labute approximate surface area is 75.4 Å². The quantitative estimate of drug-likeness (QED) is 0.644. The van der Waals surface area contributed by atoms with E-state index in [0.29, 0.717) is 18.1 Å². The number of aromatic nitrogens is 2. The molecule has 0 spiro atoms. The van der Waals surface area contributed by atoms with Crippen molar-refractivity contribution in [3.8, 4) is 5.75 Å². The van der Waals surface area contributed by atoms with Crippen molar-refractivity contribution in [1.82, 2.24) is 9.97 Å². The maximum absolute atomic E-state index is 5.35. The van der Waals surface area contributed by atoms with Crippen molar-refractivity contribution < 1.29 is 9.57 Å². The molecule has 0 aliphatic carbocycles. The van der Waals surface area contributed by atoms with Crippen LogP contribution in [0.15, 0.2) is 23.9 Å². The molecule has 0 saturated heterocycles. The van der Waals surface area contributed by atoms with Crippen LogP contribution in [0.1, 0.15) is 13.3 Å². The van der Waals surface area contributed by atoms with Gasteiger partial charge in [-0.1, -0.05) is 5.16 Å². The molecular weight excluding hydrogens is 170 g/mol.